The van der Waals surface area contributed by atoms with Gasteiger partial charge in [-0.25, -0.2) is 9.97 Å². The monoisotopic (exact) mass is 496 g/mol. The average Bonchev–Trinajstić information content (AvgIpc) is 3.37. The Morgan fingerprint density at radius 1 is 1.08 bits per heavy atom. The van der Waals surface area contributed by atoms with Gasteiger partial charge < -0.3 is 20.1 Å². The minimum atomic E-state index is -0.270. The molecule has 2 aromatic carbocycles. The van der Waals surface area contributed by atoms with Crippen LogP contribution in [0.5, 0.6) is 0 Å². The highest BCUT2D eigenvalue weighted by Gasteiger charge is 2.19. The number of nitrogens with zero attached hydrogens (tertiary/aromatic N) is 4. The summed E-state index contributed by atoms with van der Waals surface area (Å²) in [7, 11) is 0. The first-order valence-corrected chi connectivity index (χ1v) is 12.8. The molecule has 8 nitrogen and oxygen atoms in total. The number of anilines is 1. The maximum atomic E-state index is 12.9. The third kappa shape index (κ3) is 5.39. The van der Waals surface area contributed by atoms with Crippen molar-refractivity contribution in [3.05, 3.63) is 78.4 Å². The van der Waals surface area contributed by atoms with Gasteiger partial charge in [-0.15, -0.1) is 0 Å². The first kappa shape index (κ1) is 24.6. The first-order chi connectivity index (χ1) is 18.0. The molecule has 0 aliphatic carbocycles. The lowest BCUT2D eigenvalue weighted by Gasteiger charge is -2.22. The number of carbonyl (C=O) groups excluding carboxylic acids is 2. The fraction of sp³-hybridized carbons (Fsp3) is 0.310. The van der Waals surface area contributed by atoms with Crippen molar-refractivity contribution in [2.75, 3.05) is 25.0 Å². The van der Waals surface area contributed by atoms with Gasteiger partial charge in [0.2, 0.25) is 5.91 Å². The number of pyridine rings is 1. The fourth-order valence-corrected chi connectivity index (χ4v) is 4.69. The molecule has 0 saturated heterocycles. The van der Waals surface area contributed by atoms with Crippen LogP contribution < -0.4 is 10.6 Å². The van der Waals surface area contributed by atoms with E-state index in [2.05, 4.69) is 43.4 Å². The largest absolute Gasteiger partial charge is 0.339 e. The van der Waals surface area contributed by atoms with Crippen molar-refractivity contribution in [1.29, 1.82) is 0 Å². The summed E-state index contributed by atoms with van der Waals surface area (Å²) in [4.78, 5) is 36.5. The van der Waals surface area contributed by atoms with E-state index in [9.17, 15) is 9.59 Å². The van der Waals surface area contributed by atoms with Crippen molar-refractivity contribution >= 4 is 28.4 Å². The number of aromatic nitrogens is 3. The van der Waals surface area contributed by atoms with Gasteiger partial charge in [0.15, 0.2) is 0 Å². The van der Waals surface area contributed by atoms with Gasteiger partial charge in [0.05, 0.1) is 18.4 Å². The first-order valence-electron chi connectivity index (χ1n) is 12.8. The molecule has 0 fully saturated rings. The highest BCUT2D eigenvalue weighted by atomic mass is 16.2. The maximum Gasteiger partial charge on any atom is 0.253 e. The number of imidazole rings is 1. The summed E-state index contributed by atoms with van der Waals surface area (Å²) in [6.07, 6.45) is 4.28. The van der Waals surface area contributed by atoms with Crippen molar-refractivity contribution in [2.24, 2.45) is 5.92 Å². The van der Waals surface area contributed by atoms with Gasteiger partial charge in [0.1, 0.15) is 11.6 Å². The van der Waals surface area contributed by atoms with Crippen LogP contribution in [0.25, 0.3) is 22.0 Å². The van der Waals surface area contributed by atoms with Crippen LogP contribution in [0.1, 0.15) is 36.5 Å². The summed E-state index contributed by atoms with van der Waals surface area (Å²) in [6, 6.07) is 17.4. The summed E-state index contributed by atoms with van der Waals surface area (Å²) in [5.74, 6) is 1.18. The molecule has 8 heteroatoms. The number of hydrogen-bond acceptors (Lipinski definition) is 5. The van der Waals surface area contributed by atoms with E-state index in [1.165, 1.54) is 0 Å². The van der Waals surface area contributed by atoms with Crippen LogP contribution in [-0.2, 0) is 17.9 Å². The minimum absolute atomic E-state index is 0.0153. The van der Waals surface area contributed by atoms with Gasteiger partial charge in [-0.05, 0) is 43.0 Å². The molecule has 37 heavy (non-hydrogen) atoms. The standard InChI is InChI=1S/C29H32N6O2/c1-3-34(29(37)21-7-5-4-6-8-21)13-11-20(2)28(36)33-26-16-24-15-22(9-10-23(24)17-31-26)25-18-32-27-19-30-12-14-35(25)27/h4-10,15-18,20,30H,3,11-14,19H2,1-2H3,(H,31,33,36). The van der Waals surface area contributed by atoms with E-state index in [0.717, 1.165) is 47.5 Å². The molecule has 0 saturated carbocycles. The minimum Gasteiger partial charge on any atom is -0.339 e. The lowest BCUT2D eigenvalue weighted by Crippen LogP contribution is -2.34. The highest BCUT2D eigenvalue weighted by molar-refractivity contribution is 5.95. The topological polar surface area (TPSA) is 92.2 Å². The molecule has 0 radical (unpaired) electrons. The molecule has 4 aromatic rings. The number of hydrogen-bond donors (Lipinski definition) is 2. The van der Waals surface area contributed by atoms with E-state index < -0.39 is 0 Å². The summed E-state index contributed by atoms with van der Waals surface area (Å²) < 4.78 is 2.26. The van der Waals surface area contributed by atoms with Crippen molar-refractivity contribution in [1.82, 2.24) is 24.8 Å². The Morgan fingerprint density at radius 2 is 1.92 bits per heavy atom. The smallest absolute Gasteiger partial charge is 0.253 e. The molecule has 3 heterocycles. The van der Waals surface area contributed by atoms with Crippen LogP contribution in [0.4, 0.5) is 5.82 Å². The molecule has 5 rings (SSSR count). The highest BCUT2D eigenvalue weighted by Crippen LogP contribution is 2.27. The number of fused-ring (bicyclic) bond motifs is 2. The third-order valence-electron chi connectivity index (χ3n) is 6.97. The quantitative estimate of drug-likeness (QED) is 0.379. The van der Waals surface area contributed by atoms with E-state index in [4.69, 9.17) is 0 Å². The van der Waals surface area contributed by atoms with Gasteiger partial charge in [0.25, 0.3) is 5.91 Å². The Labute approximate surface area is 216 Å². The second kappa shape index (κ2) is 10.9. The number of nitrogens with one attached hydrogen (secondary N) is 2. The zero-order valence-corrected chi connectivity index (χ0v) is 21.3. The third-order valence-corrected chi connectivity index (χ3v) is 6.97. The molecule has 1 atom stereocenters. The second-order valence-electron chi connectivity index (χ2n) is 9.45. The van der Waals surface area contributed by atoms with Crippen molar-refractivity contribution in [3.63, 3.8) is 0 Å². The second-order valence-corrected chi connectivity index (χ2v) is 9.45. The molecule has 0 spiro atoms. The van der Waals surface area contributed by atoms with E-state index in [1.54, 1.807) is 11.1 Å². The Morgan fingerprint density at radius 3 is 2.73 bits per heavy atom. The van der Waals surface area contributed by atoms with Crippen LogP contribution in [0.2, 0.25) is 0 Å². The SMILES string of the molecule is CCN(CCC(C)C(=O)Nc1cc2cc(-c3cnc4n3CCNC4)ccc2cn1)C(=O)c1ccccc1. The number of rotatable bonds is 8. The number of amides is 2. The Balaban J connectivity index is 1.25. The maximum absolute atomic E-state index is 12.9. The summed E-state index contributed by atoms with van der Waals surface area (Å²) in [5, 5.41) is 8.32. The van der Waals surface area contributed by atoms with Gasteiger partial charge in [-0.2, -0.15) is 0 Å². The van der Waals surface area contributed by atoms with Crippen LogP contribution in [0.15, 0.2) is 67.0 Å². The Kier molecular flexibility index (Phi) is 7.28. The van der Waals surface area contributed by atoms with Crippen molar-refractivity contribution in [3.8, 4) is 11.3 Å². The molecule has 1 aliphatic heterocycles. The predicted octanol–water partition coefficient (Wildman–Crippen LogP) is 4.33. The molecule has 2 N–H and O–H groups in total. The summed E-state index contributed by atoms with van der Waals surface area (Å²) >= 11 is 0. The number of carbonyl (C=O) groups is 2. The van der Waals surface area contributed by atoms with Crippen LogP contribution in [-0.4, -0.2) is 50.9 Å². The summed E-state index contributed by atoms with van der Waals surface area (Å²) in [5.41, 5.74) is 2.85. The van der Waals surface area contributed by atoms with Crippen molar-refractivity contribution in [2.45, 2.75) is 33.4 Å². The average molecular weight is 497 g/mol. The normalized spacial score (nSPS) is 13.7. The molecule has 0 bridgehead atoms. The van der Waals surface area contributed by atoms with Crippen LogP contribution in [0.3, 0.4) is 0 Å². The van der Waals surface area contributed by atoms with Crippen molar-refractivity contribution < 1.29 is 9.59 Å². The molecule has 2 amide bonds. The Hall–Kier alpha value is -4.04. The van der Waals surface area contributed by atoms with E-state index in [1.807, 2.05) is 56.4 Å². The van der Waals surface area contributed by atoms with E-state index in [0.29, 0.717) is 30.9 Å². The van der Waals surface area contributed by atoms with Gasteiger partial charge in [0, 0.05) is 54.8 Å². The van der Waals surface area contributed by atoms with E-state index in [-0.39, 0.29) is 17.7 Å². The molecule has 2 aromatic heterocycles. The predicted molar refractivity (Wildman–Crippen MR) is 145 cm³/mol. The Bertz CT molecular complexity index is 1410. The zero-order chi connectivity index (χ0) is 25.8. The fourth-order valence-electron chi connectivity index (χ4n) is 4.69. The zero-order valence-electron chi connectivity index (χ0n) is 21.3. The van der Waals surface area contributed by atoms with Gasteiger partial charge in [-0.3, -0.25) is 9.59 Å². The lowest BCUT2D eigenvalue weighted by atomic mass is 10.1. The van der Waals surface area contributed by atoms with Crippen LogP contribution >= 0.6 is 0 Å². The van der Waals surface area contributed by atoms with Gasteiger partial charge in [-0.1, -0.05) is 37.3 Å². The van der Waals surface area contributed by atoms with Gasteiger partial charge >= 0.3 is 0 Å². The summed E-state index contributed by atoms with van der Waals surface area (Å²) in [6.45, 7) is 7.54. The molecule has 1 unspecified atom stereocenters. The van der Waals surface area contributed by atoms with Crippen LogP contribution in [0, 0.1) is 5.92 Å². The van der Waals surface area contributed by atoms with E-state index >= 15 is 0 Å². The number of benzene rings is 2. The lowest BCUT2D eigenvalue weighted by molar-refractivity contribution is -0.119. The molecular weight excluding hydrogens is 464 g/mol. The molecule has 190 valence electrons. The molecule has 1 aliphatic rings. The molecular formula is C29H32N6O2.